The van der Waals surface area contributed by atoms with E-state index in [9.17, 15) is 28.0 Å². The van der Waals surface area contributed by atoms with E-state index in [1.807, 2.05) is 0 Å². The highest BCUT2D eigenvalue weighted by atomic mass is 35.5. The Morgan fingerprint density at radius 2 is 1.43 bits per heavy atom. The van der Waals surface area contributed by atoms with Crippen LogP contribution >= 0.6 is 12.4 Å². The highest BCUT2D eigenvalue weighted by Gasteiger charge is 2.45. The monoisotopic (exact) mass is 599 g/mol. The third kappa shape index (κ3) is 6.27. The minimum absolute atomic E-state index is 0. The molecular weight excluding hydrogens is 568 g/mol. The van der Waals surface area contributed by atoms with Gasteiger partial charge in [-0.15, -0.1) is 12.4 Å². The molecule has 4 amide bonds. The third-order valence-corrected chi connectivity index (χ3v) is 7.09. The first kappa shape index (κ1) is 32.2. The van der Waals surface area contributed by atoms with E-state index in [2.05, 4.69) is 16.0 Å². The summed E-state index contributed by atoms with van der Waals surface area (Å²) in [5.41, 5.74) is 0.198. The van der Waals surface area contributed by atoms with Crippen LogP contribution in [0, 0.1) is 11.6 Å². The first-order valence-corrected chi connectivity index (χ1v) is 13.1. The van der Waals surface area contributed by atoms with Gasteiger partial charge in [-0.05, 0) is 50.7 Å². The molecule has 222 valence electrons. The lowest BCUT2D eigenvalue weighted by Crippen LogP contribution is -2.60. The fourth-order valence-electron chi connectivity index (χ4n) is 4.89. The van der Waals surface area contributed by atoms with E-state index in [1.165, 1.54) is 22.8 Å². The van der Waals surface area contributed by atoms with Crippen LogP contribution in [-0.2, 0) is 19.2 Å². The smallest absolute Gasteiger partial charge is 0.252 e. The lowest BCUT2D eigenvalue weighted by molar-refractivity contribution is -0.130. The number of fused-ring (bicyclic) bond motifs is 1. The number of nitrogens with one attached hydrogen (secondary N) is 3. The Balaban J connectivity index is 0.00000484. The quantitative estimate of drug-likeness (QED) is 0.381. The summed E-state index contributed by atoms with van der Waals surface area (Å²) in [7, 11) is 1.59. The summed E-state index contributed by atoms with van der Waals surface area (Å²) in [5.74, 6) is -4.47. The van der Waals surface area contributed by atoms with Gasteiger partial charge in [0.15, 0.2) is 0 Å². The maximum absolute atomic E-state index is 14.6. The van der Waals surface area contributed by atoms with Crippen molar-refractivity contribution in [2.24, 2.45) is 0 Å². The summed E-state index contributed by atoms with van der Waals surface area (Å²) in [5, 5.41) is 7.86. The number of nitrogens with zero attached hydrogens (tertiary/aromatic N) is 2. The van der Waals surface area contributed by atoms with Crippen molar-refractivity contribution in [2.75, 3.05) is 22.2 Å². The summed E-state index contributed by atoms with van der Waals surface area (Å²) < 4.78 is 29.1. The molecule has 0 saturated carbocycles. The van der Waals surface area contributed by atoms with E-state index in [4.69, 9.17) is 0 Å². The molecule has 3 aromatic rings. The molecule has 4 atom stereocenters. The molecule has 9 nitrogen and oxygen atoms in total. The van der Waals surface area contributed by atoms with Gasteiger partial charge in [-0.3, -0.25) is 24.1 Å². The molecule has 0 bridgehead atoms. The molecule has 12 heteroatoms. The SMILES string of the molecule is CN[C@@H](C)C(=O)N[C@@H]1C(=O)N(C(C(=O)Nc2c(F)cccc2F)c2ccccc2)c2ccccc2N(C(C)=O)[C@H]1C.Cl. The topological polar surface area (TPSA) is 111 Å². The zero-order valence-electron chi connectivity index (χ0n) is 23.4. The molecule has 0 aliphatic carbocycles. The first-order chi connectivity index (χ1) is 19.6. The molecule has 1 aliphatic heterocycles. The number of rotatable bonds is 7. The summed E-state index contributed by atoms with van der Waals surface area (Å²) in [6.45, 7) is 4.57. The van der Waals surface area contributed by atoms with Gasteiger partial charge < -0.3 is 20.9 Å². The number of carbonyl (C=O) groups excluding carboxylic acids is 4. The predicted molar refractivity (Wildman–Crippen MR) is 158 cm³/mol. The van der Waals surface area contributed by atoms with Crippen LogP contribution in [0.3, 0.4) is 0 Å². The zero-order valence-corrected chi connectivity index (χ0v) is 24.2. The van der Waals surface area contributed by atoms with Gasteiger partial charge in [0.25, 0.3) is 11.8 Å². The molecule has 1 heterocycles. The second-order valence-electron chi connectivity index (χ2n) is 9.72. The van der Waals surface area contributed by atoms with Crippen LogP contribution in [0.25, 0.3) is 0 Å². The number of likely N-dealkylation sites (N-methyl/N-ethyl adjacent to an activating group) is 1. The Labute approximate surface area is 248 Å². The van der Waals surface area contributed by atoms with Gasteiger partial charge in [0.05, 0.1) is 23.5 Å². The van der Waals surface area contributed by atoms with Gasteiger partial charge in [-0.2, -0.15) is 0 Å². The van der Waals surface area contributed by atoms with Crippen molar-refractivity contribution in [1.29, 1.82) is 0 Å². The molecule has 42 heavy (non-hydrogen) atoms. The van der Waals surface area contributed by atoms with E-state index in [-0.39, 0.29) is 18.1 Å². The molecule has 1 aliphatic rings. The Bertz CT molecular complexity index is 1450. The van der Waals surface area contributed by atoms with Crippen LogP contribution in [-0.4, -0.2) is 48.8 Å². The molecule has 0 aromatic heterocycles. The van der Waals surface area contributed by atoms with Crippen LogP contribution in [0.2, 0.25) is 0 Å². The van der Waals surface area contributed by atoms with Crippen molar-refractivity contribution in [3.8, 4) is 0 Å². The van der Waals surface area contributed by atoms with Crippen LogP contribution in [0.15, 0.2) is 72.8 Å². The Morgan fingerprint density at radius 1 is 0.857 bits per heavy atom. The fourth-order valence-corrected chi connectivity index (χ4v) is 4.89. The van der Waals surface area contributed by atoms with Gasteiger partial charge in [0.2, 0.25) is 11.8 Å². The van der Waals surface area contributed by atoms with Crippen molar-refractivity contribution >= 4 is 53.1 Å². The van der Waals surface area contributed by atoms with Gasteiger partial charge in [-0.25, -0.2) is 8.78 Å². The second kappa shape index (κ2) is 13.5. The van der Waals surface area contributed by atoms with Gasteiger partial charge in [-0.1, -0.05) is 48.5 Å². The number of hydrogen-bond acceptors (Lipinski definition) is 5. The van der Waals surface area contributed by atoms with Gasteiger partial charge in [0, 0.05) is 6.92 Å². The van der Waals surface area contributed by atoms with E-state index < -0.39 is 65.1 Å². The predicted octanol–water partition coefficient (Wildman–Crippen LogP) is 3.95. The number of benzene rings is 3. The van der Waals surface area contributed by atoms with Crippen LogP contribution in [0.5, 0.6) is 0 Å². The van der Waals surface area contributed by atoms with Crippen LogP contribution < -0.4 is 25.8 Å². The molecule has 0 radical (unpaired) electrons. The molecule has 0 saturated heterocycles. The summed E-state index contributed by atoms with van der Waals surface area (Å²) in [6, 6.07) is 13.7. The maximum atomic E-state index is 14.6. The summed E-state index contributed by atoms with van der Waals surface area (Å²) in [4.78, 5) is 56.9. The van der Waals surface area contributed by atoms with E-state index in [1.54, 1.807) is 75.5 Å². The van der Waals surface area contributed by atoms with Crippen molar-refractivity contribution in [3.63, 3.8) is 0 Å². The van der Waals surface area contributed by atoms with Crippen LogP contribution in [0.4, 0.5) is 25.8 Å². The third-order valence-electron chi connectivity index (χ3n) is 7.09. The molecule has 0 spiro atoms. The maximum Gasteiger partial charge on any atom is 0.252 e. The lowest BCUT2D eigenvalue weighted by Gasteiger charge is -2.34. The Hall–Kier alpha value is -4.35. The molecule has 3 N–H and O–H groups in total. The van der Waals surface area contributed by atoms with Gasteiger partial charge >= 0.3 is 0 Å². The number of hydrogen-bond donors (Lipinski definition) is 3. The molecule has 1 unspecified atom stereocenters. The Morgan fingerprint density at radius 3 is 2.00 bits per heavy atom. The number of para-hydroxylation sites is 3. The fraction of sp³-hybridized carbons (Fsp3) is 0.267. The minimum atomic E-state index is -1.44. The minimum Gasteiger partial charge on any atom is -0.341 e. The van der Waals surface area contributed by atoms with Gasteiger partial charge in [0.1, 0.15) is 29.4 Å². The standard InChI is InChI=1S/C30H31F2N5O4.ClH/c1-17(33-4)28(39)34-25-18(2)36(19(3)38)23-15-8-9-16-24(23)37(30(25)41)27(20-11-6-5-7-12-20)29(40)35-26-21(31)13-10-14-22(26)32;/h5-18,25,27,33H,1-4H3,(H,34,39)(H,35,40);1H/t17-,18-,25-,27?;/m0./s1. The molecule has 0 fully saturated rings. The normalized spacial score (nSPS) is 17.7. The van der Waals surface area contributed by atoms with Crippen molar-refractivity contribution < 1.29 is 28.0 Å². The molecule has 3 aromatic carbocycles. The largest absolute Gasteiger partial charge is 0.341 e. The lowest BCUT2D eigenvalue weighted by atomic mass is 10.0. The van der Waals surface area contributed by atoms with E-state index >= 15 is 0 Å². The number of amides is 4. The van der Waals surface area contributed by atoms with E-state index in [0.29, 0.717) is 11.3 Å². The number of carbonyl (C=O) groups is 4. The average molecular weight is 600 g/mol. The number of halogens is 3. The zero-order chi connectivity index (χ0) is 29.8. The second-order valence-corrected chi connectivity index (χ2v) is 9.72. The molecule has 4 rings (SSSR count). The van der Waals surface area contributed by atoms with Crippen molar-refractivity contribution in [2.45, 2.75) is 44.9 Å². The average Bonchev–Trinajstić information content (AvgIpc) is 3.04. The highest BCUT2D eigenvalue weighted by molar-refractivity contribution is 6.13. The summed E-state index contributed by atoms with van der Waals surface area (Å²) in [6.07, 6.45) is 0. The molecular formula is C30H32ClF2N5O4. The van der Waals surface area contributed by atoms with E-state index in [0.717, 1.165) is 12.1 Å². The summed E-state index contributed by atoms with van der Waals surface area (Å²) >= 11 is 0. The number of anilines is 3. The van der Waals surface area contributed by atoms with Crippen molar-refractivity contribution in [1.82, 2.24) is 10.6 Å². The van der Waals surface area contributed by atoms with Crippen molar-refractivity contribution in [3.05, 3.63) is 90.0 Å². The Kier molecular flexibility index (Phi) is 10.4. The van der Waals surface area contributed by atoms with Crippen LogP contribution in [0.1, 0.15) is 32.4 Å². The highest BCUT2D eigenvalue weighted by Crippen LogP contribution is 2.40. The first-order valence-electron chi connectivity index (χ1n) is 13.1.